The standard InChI is InChI=1S/C17H26N2S/c1-5-11-18-15(17(3,4)6-2)12-16-19-13-9-7-8-10-14(13)20-16/h7-10,15,18H,5-6,11-12H2,1-4H3. The zero-order valence-corrected chi connectivity index (χ0v) is 13.9. The summed E-state index contributed by atoms with van der Waals surface area (Å²) in [7, 11) is 0. The first-order valence-corrected chi connectivity index (χ1v) is 8.46. The van der Waals surface area contributed by atoms with Crippen LogP contribution in [-0.4, -0.2) is 17.6 Å². The monoisotopic (exact) mass is 290 g/mol. The Morgan fingerprint density at radius 1 is 1.25 bits per heavy atom. The molecule has 0 spiro atoms. The van der Waals surface area contributed by atoms with E-state index < -0.39 is 0 Å². The third-order valence-electron chi connectivity index (χ3n) is 4.21. The number of nitrogens with zero attached hydrogens (tertiary/aromatic N) is 1. The van der Waals surface area contributed by atoms with E-state index in [0.717, 1.165) is 18.5 Å². The number of rotatable bonds is 7. The number of hydrogen-bond acceptors (Lipinski definition) is 3. The third kappa shape index (κ3) is 3.58. The molecule has 0 aliphatic heterocycles. The van der Waals surface area contributed by atoms with Gasteiger partial charge in [-0.1, -0.05) is 39.8 Å². The van der Waals surface area contributed by atoms with Crippen LogP contribution in [0.3, 0.4) is 0 Å². The fourth-order valence-electron chi connectivity index (χ4n) is 2.37. The highest BCUT2D eigenvalue weighted by Gasteiger charge is 2.28. The first-order chi connectivity index (χ1) is 9.56. The van der Waals surface area contributed by atoms with Crippen LogP contribution in [0.5, 0.6) is 0 Å². The fraction of sp³-hybridized carbons (Fsp3) is 0.588. The van der Waals surface area contributed by atoms with Crippen LogP contribution in [0.15, 0.2) is 24.3 Å². The van der Waals surface area contributed by atoms with Gasteiger partial charge in [-0.15, -0.1) is 11.3 Å². The maximum Gasteiger partial charge on any atom is 0.0954 e. The number of para-hydroxylation sites is 1. The van der Waals surface area contributed by atoms with Crippen LogP contribution in [0.2, 0.25) is 0 Å². The predicted octanol–water partition coefficient (Wildman–Crippen LogP) is 4.64. The van der Waals surface area contributed by atoms with Gasteiger partial charge in [0, 0.05) is 12.5 Å². The first kappa shape index (κ1) is 15.5. The number of nitrogens with one attached hydrogen (secondary N) is 1. The van der Waals surface area contributed by atoms with Crippen LogP contribution in [0.25, 0.3) is 10.2 Å². The lowest BCUT2D eigenvalue weighted by atomic mass is 9.80. The van der Waals surface area contributed by atoms with E-state index in [-0.39, 0.29) is 0 Å². The molecule has 3 heteroatoms. The molecule has 0 bridgehead atoms. The van der Waals surface area contributed by atoms with Gasteiger partial charge >= 0.3 is 0 Å². The molecule has 0 aliphatic carbocycles. The highest BCUT2D eigenvalue weighted by molar-refractivity contribution is 7.18. The van der Waals surface area contributed by atoms with Crippen LogP contribution in [-0.2, 0) is 6.42 Å². The van der Waals surface area contributed by atoms with Crippen molar-refractivity contribution in [3.63, 3.8) is 0 Å². The number of fused-ring (bicyclic) bond motifs is 1. The molecular weight excluding hydrogens is 264 g/mol. The van der Waals surface area contributed by atoms with Gasteiger partial charge < -0.3 is 5.32 Å². The Balaban J connectivity index is 2.17. The minimum atomic E-state index is 0.299. The summed E-state index contributed by atoms with van der Waals surface area (Å²) < 4.78 is 1.30. The van der Waals surface area contributed by atoms with Gasteiger partial charge in [0.25, 0.3) is 0 Å². The Morgan fingerprint density at radius 2 is 2.00 bits per heavy atom. The van der Waals surface area contributed by atoms with Crippen molar-refractivity contribution in [2.45, 2.75) is 53.0 Å². The second-order valence-electron chi connectivity index (χ2n) is 6.13. The molecule has 20 heavy (non-hydrogen) atoms. The first-order valence-electron chi connectivity index (χ1n) is 7.64. The lowest BCUT2D eigenvalue weighted by molar-refractivity contribution is 0.230. The van der Waals surface area contributed by atoms with Crippen LogP contribution >= 0.6 is 11.3 Å². The smallest absolute Gasteiger partial charge is 0.0954 e. The van der Waals surface area contributed by atoms with E-state index in [4.69, 9.17) is 4.98 Å². The molecule has 1 aromatic carbocycles. The summed E-state index contributed by atoms with van der Waals surface area (Å²) in [4.78, 5) is 4.79. The maximum atomic E-state index is 4.79. The molecule has 2 rings (SSSR count). The minimum absolute atomic E-state index is 0.299. The summed E-state index contributed by atoms with van der Waals surface area (Å²) in [6.07, 6.45) is 3.38. The Hall–Kier alpha value is -0.930. The van der Waals surface area contributed by atoms with Crippen molar-refractivity contribution in [3.05, 3.63) is 29.3 Å². The average molecular weight is 290 g/mol. The van der Waals surface area contributed by atoms with E-state index in [0.29, 0.717) is 11.5 Å². The van der Waals surface area contributed by atoms with Gasteiger partial charge in [-0.2, -0.15) is 0 Å². The molecule has 1 N–H and O–H groups in total. The zero-order valence-electron chi connectivity index (χ0n) is 13.1. The van der Waals surface area contributed by atoms with E-state index >= 15 is 0 Å². The average Bonchev–Trinajstić information content (AvgIpc) is 2.85. The Bertz CT molecular complexity index is 512. The molecule has 1 atom stereocenters. The summed E-state index contributed by atoms with van der Waals surface area (Å²) >= 11 is 1.83. The zero-order chi connectivity index (χ0) is 14.6. The molecule has 2 nitrogen and oxygen atoms in total. The minimum Gasteiger partial charge on any atom is -0.313 e. The second-order valence-corrected chi connectivity index (χ2v) is 7.24. The van der Waals surface area contributed by atoms with Crippen molar-refractivity contribution in [1.82, 2.24) is 10.3 Å². The quantitative estimate of drug-likeness (QED) is 0.803. The molecule has 0 amide bonds. The van der Waals surface area contributed by atoms with Crippen LogP contribution < -0.4 is 5.32 Å². The van der Waals surface area contributed by atoms with E-state index in [1.807, 2.05) is 11.3 Å². The number of hydrogen-bond donors (Lipinski definition) is 1. The van der Waals surface area contributed by atoms with Crippen LogP contribution in [0.4, 0.5) is 0 Å². The van der Waals surface area contributed by atoms with Crippen molar-refractivity contribution in [2.75, 3.05) is 6.54 Å². The third-order valence-corrected chi connectivity index (χ3v) is 5.27. The van der Waals surface area contributed by atoms with Crippen molar-refractivity contribution in [3.8, 4) is 0 Å². The molecule has 0 fully saturated rings. The summed E-state index contributed by atoms with van der Waals surface area (Å²) in [6, 6.07) is 8.92. The van der Waals surface area contributed by atoms with E-state index in [1.54, 1.807) is 0 Å². The van der Waals surface area contributed by atoms with Gasteiger partial charge in [0.2, 0.25) is 0 Å². The van der Waals surface area contributed by atoms with Crippen molar-refractivity contribution in [1.29, 1.82) is 0 Å². The molecule has 1 heterocycles. The summed E-state index contributed by atoms with van der Waals surface area (Å²) in [5, 5.41) is 4.97. The van der Waals surface area contributed by atoms with E-state index in [1.165, 1.54) is 22.5 Å². The van der Waals surface area contributed by atoms with Crippen LogP contribution in [0, 0.1) is 5.41 Å². The van der Waals surface area contributed by atoms with E-state index in [2.05, 4.69) is 57.3 Å². The molecule has 0 saturated heterocycles. The molecule has 1 aromatic heterocycles. The predicted molar refractivity (Wildman–Crippen MR) is 89.5 cm³/mol. The van der Waals surface area contributed by atoms with Crippen molar-refractivity contribution < 1.29 is 0 Å². The summed E-state index contributed by atoms with van der Waals surface area (Å²) in [5.41, 5.74) is 1.43. The number of aromatic nitrogens is 1. The lowest BCUT2D eigenvalue weighted by Crippen LogP contribution is -2.43. The Morgan fingerprint density at radius 3 is 2.65 bits per heavy atom. The molecule has 0 saturated carbocycles. The van der Waals surface area contributed by atoms with Gasteiger partial charge in [-0.25, -0.2) is 4.98 Å². The van der Waals surface area contributed by atoms with Crippen molar-refractivity contribution >= 4 is 21.6 Å². The molecular formula is C17H26N2S. The van der Waals surface area contributed by atoms with Gasteiger partial charge in [-0.05, 0) is 36.9 Å². The normalized spacial score (nSPS) is 13.8. The Labute approximate surface area is 126 Å². The molecule has 2 aromatic rings. The highest BCUT2D eigenvalue weighted by atomic mass is 32.1. The largest absolute Gasteiger partial charge is 0.313 e. The molecule has 1 unspecified atom stereocenters. The summed E-state index contributed by atoms with van der Waals surface area (Å²) in [5.74, 6) is 0. The maximum absolute atomic E-state index is 4.79. The van der Waals surface area contributed by atoms with Gasteiger partial charge in [0.1, 0.15) is 0 Å². The molecule has 0 radical (unpaired) electrons. The van der Waals surface area contributed by atoms with Gasteiger partial charge in [0.05, 0.1) is 15.2 Å². The highest BCUT2D eigenvalue weighted by Crippen LogP contribution is 2.30. The van der Waals surface area contributed by atoms with Gasteiger partial charge in [0.15, 0.2) is 0 Å². The molecule has 110 valence electrons. The second kappa shape index (κ2) is 6.68. The lowest BCUT2D eigenvalue weighted by Gasteiger charge is -2.34. The fourth-order valence-corrected chi connectivity index (χ4v) is 3.38. The van der Waals surface area contributed by atoms with E-state index in [9.17, 15) is 0 Å². The SMILES string of the molecule is CCCNC(Cc1nc2ccccc2s1)C(C)(C)CC. The number of thiazole rings is 1. The molecule has 0 aliphatic rings. The van der Waals surface area contributed by atoms with Crippen LogP contribution in [0.1, 0.15) is 45.5 Å². The Kier molecular flexibility index (Phi) is 5.17. The topological polar surface area (TPSA) is 24.9 Å². The van der Waals surface area contributed by atoms with Crippen molar-refractivity contribution in [2.24, 2.45) is 5.41 Å². The summed E-state index contributed by atoms with van der Waals surface area (Å²) in [6.45, 7) is 10.3. The van der Waals surface area contributed by atoms with Gasteiger partial charge in [-0.3, -0.25) is 0 Å². The number of benzene rings is 1.